The molecule has 2 heterocycles. The van der Waals surface area contributed by atoms with E-state index in [4.69, 9.17) is 0 Å². The summed E-state index contributed by atoms with van der Waals surface area (Å²) in [4.78, 5) is 23.4. The van der Waals surface area contributed by atoms with Gasteiger partial charge in [-0.25, -0.2) is 17.1 Å². The Bertz CT molecular complexity index is 1290. The minimum absolute atomic E-state index is 0.0477. The molecule has 0 atom stereocenters. The van der Waals surface area contributed by atoms with E-state index >= 15 is 0 Å². The Morgan fingerprint density at radius 1 is 1.03 bits per heavy atom. The van der Waals surface area contributed by atoms with Gasteiger partial charge in [-0.05, 0) is 49.2 Å². The quantitative estimate of drug-likeness (QED) is 0.546. The van der Waals surface area contributed by atoms with Gasteiger partial charge in [0.05, 0.1) is 21.7 Å². The number of H-pyrrole nitrogens is 1. The van der Waals surface area contributed by atoms with Gasteiger partial charge in [0.1, 0.15) is 5.82 Å². The first-order valence-electron chi connectivity index (χ1n) is 9.52. The number of aryl methyl sites for hydroxylation is 1. The molecule has 10 heteroatoms. The number of sulfonamides is 1. The van der Waals surface area contributed by atoms with Crippen LogP contribution in [0.4, 0.5) is 4.39 Å². The summed E-state index contributed by atoms with van der Waals surface area (Å²) < 4.78 is 40.3. The van der Waals surface area contributed by atoms with Crippen LogP contribution in [0.15, 0.2) is 53.4 Å². The highest BCUT2D eigenvalue weighted by Gasteiger charge is 2.30. The average molecular weight is 442 g/mol. The Labute approximate surface area is 178 Å². The van der Waals surface area contributed by atoms with Crippen molar-refractivity contribution < 1.29 is 22.4 Å². The number of hydrogen-bond donors (Lipinski definition) is 2. The number of nitrogens with one attached hydrogen (secondary N) is 2. The van der Waals surface area contributed by atoms with Crippen molar-refractivity contribution in [2.24, 2.45) is 0 Å². The summed E-state index contributed by atoms with van der Waals surface area (Å²) in [6.07, 6.45) is 1.06. The molecule has 0 saturated heterocycles. The van der Waals surface area contributed by atoms with E-state index in [2.05, 4.69) is 15.5 Å². The van der Waals surface area contributed by atoms with E-state index in [1.54, 1.807) is 18.2 Å². The summed E-state index contributed by atoms with van der Waals surface area (Å²) in [7, 11) is -2.37. The van der Waals surface area contributed by atoms with Crippen LogP contribution in [0.3, 0.4) is 0 Å². The predicted molar refractivity (Wildman–Crippen MR) is 110 cm³/mol. The zero-order chi connectivity index (χ0) is 22.2. The Hall–Kier alpha value is -3.37. The first-order chi connectivity index (χ1) is 14.8. The minimum Gasteiger partial charge on any atom is -0.288 e. The van der Waals surface area contributed by atoms with E-state index in [9.17, 15) is 22.4 Å². The molecule has 4 rings (SSSR count). The minimum atomic E-state index is -3.82. The molecule has 1 aliphatic heterocycles. The molecule has 0 bridgehead atoms. The molecular formula is C21H19FN4O4S. The average Bonchev–Trinajstić information content (AvgIpc) is 3.32. The van der Waals surface area contributed by atoms with Crippen LogP contribution in [-0.2, 0) is 16.4 Å². The van der Waals surface area contributed by atoms with E-state index in [0.29, 0.717) is 24.1 Å². The number of fused-ring (bicyclic) bond motifs is 1. The van der Waals surface area contributed by atoms with Crippen LogP contribution in [0.2, 0.25) is 0 Å². The number of aromatic amines is 1. The van der Waals surface area contributed by atoms with Crippen molar-refractivity contribution in [3.63, 3.8) is 0 Å². The molecule has 0 unspecified atom stereocenters. The van der Waals surface area contributed by atoms with Crippen LogP contribution >= 0.6 is 0 Å². The summed E-state index contributed by atoms with van der Waals surface area (Å²) >= 11 is 0. The second-order valence-electron chi connectivity index (χ2n) is 7.21. The second kappa shape index (κ2) is 8.05. The normalized spacial score (nSPS) is 13.5. The third-order valence-electron chi connectivity index (χ3n) is 5.09. The SMILES string of the molecule is CN(CCCc1cc(-c2cccc(F)c2)n[nH]1)S(=O)(=O)c1ccc2c(c1)C(=O)NC2=O. The molecule has 0 spiro atoms. The van der Waals surface area contributed by atoms with E-state index in [1.807, 2.05) is 0 Å². The van der Waals surface area contributed by atoms with Gasteiger partial charge in [0, 0.05) is 24.8 Å². The lowest BCUT2D eigenvalue weighted by molar-refractivity contribution is 0.0879. The standard InChI is InChI=1S/C21H19FN4O4S/c1-26(31(29,30)16-7-8-17-18(12-16)21(28)23-20(17)27)9-3-6-15-11-19(25-24-15)13-4-2-5-14(22)10-13/h2,4-5,7-8,10-12H,3,6,9H2,1H3,(H,24,25)(H,23,27,28). The lowest BCUT2D eigenvalue weighted by atomic mass is 10.1. The molecule has 160 valence electrons. The maximum atomic E-state index is 13.4. The molecular weight excluding hydrogens is 423 g/mol. The lowest BCUT2D eigenvalue weighted by Crippen LogP contribution is -2.28. The number of hydrogen-bond acceptors (Lipinski definition) is 5. The number of nitrogens with zero attached hydrogens (tertiary/aromatic N) is 2. The molecule has 2 amide bonds. The van der Waals surface area contributed by atoms with Gasteiger partial charge in [0.2, 0.25) is 10.0 Å². The molecule has 1 aromatic heterocycles. The van der Waals surface area contributed by atoms with Crippen LogP contribution in [-0.4, -0.2) is 48.3 Å². The summed E-state index contributed by atoms with van der Waals surface area (Å²) in [5.41, 5.74) is 2.29. The van der Waals surface area contributed by atoms with Crippen LogP contribution in [0.5, 0.6) is 0 Å². The van der Waals surface area contributed by atoms with Gasteiger partial charge in [0.15, 0.2) is 0 Å². The highest BCUT2D eigenvalue weighted by atomic mass is 32.2. The number of halogens is 1. The van der Waals surface area contributed by atoms with E-state index in [0.717, 1.165) is 5.69 Å². The van der Waals surface area contributed by atoms with Crippen LogP contribution in [0.1, 0.15) is 32.8 Å². The Balaban J connectivity index is 1.40. The Morgan fingerprint density at radius 3 is 2.58 bits per heavy atom. The van der Waals surface area contributed by atoms with Crippen molar-refractivity contribution in [1.82, 2.24) is 19.8 Å². The van der Waals surface area contributed by atoms with E-state index in [-0.39, 0.29) is 28.4 Å². The van der Waals surface area contributed by atoms with Crippen molar-refractivity contribution in [2.75, 3.05) is 13.6 Å². The number of aromatic nitrogens is 2. The Kier molecular flexibility index (Phi) is 5.42. The van der Waals surface area contributed by atoms with Crippen LogP contribution in [0.25, 0.3) is 11.3 Å². The largest absolute Gasteiger partial charge is 0.288 e. The second-order valence-corrected chi connectivity index (χ2v) is 9.25. The number of imide groups is 1. The summed E-state index contributed by atoms with van der Waals surface area (Å²) in [5, 5.41) is 9.21. The molecule has 31 heavy (non-hydrogen) atoms. The molecule has 8 nitrogen and oxygen atoms in total. The van der Waals surface area contributed by atoms with Crippen molar-refractivity contribution in [1.29, 1.82) is 0 Å². The molecule has 2 aromatic carbocycles. The number of carbonyl (C=O) groups is 2. The van der Waals surface area contributed by atoms with Gasteiger partial charge in [-0.2, -0.15) is 5.10 Å². The fourth-order valence-corrected chi connectivity index (χ4v) is 4.62. The number of rotatable bonds is 7. The smallest absolute Gasteiger partial charge is 0.258 e. The topological polar surface area (TPSA) is 112 Å². The Morgan fingerprint density at radius 2 is 1.81 bits per heavy atom. The molecule has 3 aromatic rings. The third kappa shape index (κ3) is 4.12. The van der Waals surface area contributed by atoms with Gasteiger partial charge in [-0.3, -0.25) is 20.0 Å². The molecule has 1 aliphatic rings. The van der Waals surface area contributed by atoms with Crippen LogP contribution in [0, 0.1) is 5.82 Å². The monoisotopic (exact) mass is 442 g/mol. The zero-order valence-corrected chi connectivity index (χ0v) is 17.4. The summed E-state index contributed by atoms with van der Waals surface area (Å²) in [5.74, 6) is -1.48. The molecule has 0 fully saturated rings. The fraction of sp³-hybridized carbons (Fsp3) is 0.190. The summed E-state index contributed by atoms with van der Waals surface area (Å²) in [6.45, 7) is 0.235. The zero-order valence-electron chi connectivity index (χ0n) is 16.6. The number of benzene rings is 2. The van der Waals surface area contributed by atoms with Gasteiger partial charge in [-0.15, -0.1) is 0 Å². The van der Waals surface area contributed by atoms with Crippen molar-refractivity contribution in [3.05, 3.63) is 71.2 Å². The third-order valence-corrected chi connectivity index (χ3v) is 6.94. The first kappa shape index (κ1) is 20.9. The van der Waals surface area contributed by atoms with Crippen molar-refractivity contribution in [2.45, 2.75) is 17.7 Å². The fourth-order valence-electron chi connectivity index (χ4n) is 3.39. The molecule has 0 radical (unpaired) electrons. The molecule has 2 N–H and O–H groups in total. The maximum absolute atomic E-state index is 13.4. The van der Waals surface area contributed by atoms with Crippen LogP contribution < -0.4 is 5.32 Å². The van der Waals surface area contributed by atoms with Gasteiger partial charge >= 0.3 is 0 Å². The predicted octanol–water partition coefficient (Wildman–Crippen LogP) is 2.35. The maximum Gasteiger partial charge on any atom is 0.258 e. The van der Waals surface area contributed by atoms with E-state index in [1.165, 1.54) is 41.7 Å². The first-order valence-corrected chi connectivity index (χ1v) is 11.0. The van der Waals surface area contributed by atoms with Gasteiger partial charge in [0.25, 0.3) is 11.8 Å². The summed E-state index contributed by atoms with van der Waals surface area (Å²) in [6, 6.07) is 11.8. The lowest BCUT2D eigenvalue weighted by Gasteiger charge is -2.17. The van der Waals surface area contributed by atoms with E-state index < -0.39 is 21.8 Å². The highest BCUT2D eigenvalue weighted by Crippen LogP contribution is 2.23. The van der Waals surface area contributed by atoms with Gasteiger partial charge < -0.3 is 0 Å². The van der Waals surface area contributed by atoms with Crippen molar-refractivity contribution in [3.8, 4) is 11.3 Å². The number of amides is 2. The molecule has 0 aliphatic carbocycles. The van der Waals surface area contributed by atoms with Gasteiger partial charge in [-0.1, -0.05) is 12.1 Å². The number of carbonyl (C=O) groups excluding carboxylic acids is 2. The van der Waals surface area contributed by atoms with Crippen molar-refractivity contribution >= 4 is 21.8 Å². The highest BCUT2D eigenvalue weighted by molar-refractivity contribution is 7.89. The molecule has 0 saturated carbocycles.